The Bertz CT molecular complexity index is 728. The lowest BCUT2D eigenvalue weighted by Crippen LogP contribution is -2.28. The van der Waals surface area contributed by atoms with Crippen LogP contribution in [-0.4, -0.2) is 18.4 Å². The molecule has 1 aliphatic heterocycles. The number of hydrogen-bond donors (Lipinski definition) is 2. The summed E-state index contributed by atoms with van der Waals surface area (Å²) in [6.07, 6.45) is 0.903. The number of hydrogen-bond acceptors (Lipinski definition) is 2. The zero-order chi connectivity index (χ0) is 16.2. The van der Waals surface area contributed by atoms with Gasteiger partial charge in [0.1, 0.15) is 0 Å². The summed E-state index contributed by atoms with van der Waals surface area (Å²) in [7, 11) is 0. The summed E-state index contributed by atoms with van der Waals surface area (Å²) >= 11 is 5.82. The second-order valence-corrected chi connectivity index (χ2v) is 6.01. The van der Waals surface area contributed by atoms with Gasteiger partial charge < -0.3 is 10.6 Å². The van der Waals surface area contributed by atoms with Gasteiger partial charge >= 0.3 is 0 Å². The molecule has 1 heterocycles. The van der Waals surface area contributed by atoms with Crippen molar-refractivity contribution in [1.82, 2.24) is 5.32 Å². The summed E-state index contributed by atoms with van der Waals surface area (Å²) in [5.74, 6) is -0.251. The van der Waals surface area contributed by atoms with Crippen molar-refractivity contribution in [3.63, 3.8) is 0 Å². The van der Waals surface area contributed by atoms with Crippen LogP contribution >= 0.6 is 11.6 Å². The highest BCUT2D eigenvalue weighted by atomic mass is 35.5. The van der Waals surface area contributed by atoms with E-state index in [0.717, 1.165) is 16.8 Å². The first kappa shape index (κ1) is 15.6. The first-order valence-electron chi connectivity index (χ1n) is 7.54. The Balaban J connectivity index is 1.50. The van der Waals surface area contributed by atoms with E-state index in [4.69, 9.17) is 11.6 Å². The van der Waals surface area contributed by atoms with Crippen LogP contribution in [0.5, 0.6) is 0 Å². The number of carbonyl (C=O) groups excluding carboxylic acids is 2. The number of para-hydroxylation sites is 1. The van der Waals surface area contributed by atoms with Crippen molar-refractivity contribution in [3.05, 3.63) is 64.7 Å². The van der Waals surface area contributed by atoms with Crippen molar-refractivity contribution in [2.45, 2.75) is 18.8 Å². The number of fused-ring (bicyclic) bond motifs is 1. The summed E-state index contributed by atoms with van der Waals surface area (Å²) in [6, 6.07) is 14.9. The number of anilines is 1. The lowest BCUT2D eigenvalue weighted by molar-refractivity contribution is -0.121. The van der Waals surface area contributed by atoms with Gasteiger partial charge in [-0.1, -0.05) is 41.9 Å². The zero-order valence-corrected chi connectivity index (χ0v) is 13.3. The summed E-state index contributed by atoms with van der Waals surface area (Å²) in [5.41, 5.74) is 2.79. The Labute approximate surface area is 139 Å². The smallest absolute Gasteiger partial charge is 0.232 e. The van der Waals surface area contributed by atoms with Gasteiger partial charge in [0.2, 0.25) is 11.8 Å². The van der Waals surface area contributed by atoms with Crippen LogP contribution in [0.2, 0.25) is 5.02 Å². The van der Waals surface area contributed by atoms with Crippen LogP contribution in [0.4, 0.5) is 5.69 Å². The first-order valence-corrected chi connectivity index (χ1v) is 7.92. The van der Waals surface area contributed by atoms with E-state index < -0.39 is 0 Å². The summed E-state index contributed by atoms with van der Waals surface area (Å²) in [6.45, 7) is 0.471. The highest BCUT2D eigenvalue weighted by Gasteiger charge is 2.29. The maximum Gasteiger partial charge on any atom is 0.232 e. The van der Waals surface area contributed by atoms with E-state index in [9.17, 15) is 9.59 Å². The molecule has 0 spiro atoms. The average molecular weight is 329 g/mol. The molecule has 1 aliphatic rings. The molecule has 0 radical (unpaired) electrons. The summed E-state index contributed by atoms with van der Waals surface area (Å²) in [4.78, 5) is 23.9. The molecule has 0 bridgehead atoms. The van der Waals surface area contributed by atoms with Crippen LogP contribution in [-0.2, 0) is 16.0 Å². The minimum absolute atomic E-state index is 0.00171. The average Bonchev–Trinajstić information content (AvgIpc) is 2.86. The Morgan fingerprint density at radius 3 is 2.65 bits per heavy atom. The van der Waals surface area contributed by atoms with E-state index in [-0.39, 0.29) is 17.7 Å². The van der Waals surface area contributed by atoms with Crippen LogP contribution in [0, 0.1) is 0 Å². The second-order valence-electron chi connectivity index (χ2n) is 5.57. The summed E-state index contributed by atoms with van der Waals surface area (Å²) in [5, 5.41) is 6.39. The fraction of sp³-hybridized carbons (Fsp3) is 0.222. The molecule has 118 valence electrons. The minimum atomic E-state index is -0.193. The van der Waals surface area contributed by atoms with E-state index in [2.05, 4.69) is 10.6 Å². The molecule has 0 saturated heterocycles. The van der Waals surface area contributed by atoms with Crippen LogP contribution < -0.4 is 10.6 Å². The van der Waals surface area contributed by atoms with Gasteiger partial charge in [-0.15, -0.1) is 0 Å². The fourth-order valence-electron chi connectivity index (χ4n) is 2.77. The summed E-state index contributed by atoms with van der Waals surface area (Å²) < 4.78 is 0. The molecule has 0 fully saturated rings. The Kier molecular flexibility index (Phi) is 4.63. The van der Waals surface area contributed by atoms with Crippen molar-refractivity contribution in [3.8, 4) is 0 Å². The van der Waals surface area contributed by atoms with Gasteiger partial charge in [0.05, 0.1) is 12.3 Å². The molecule has 0 aliphatic carbocycles. The molecule has 5 heteroatoms. The third kappa shape index (κ3) is 3.71. The number of carbonyl (C=O) groups is 2. The maximum absolute atomic E-state index is 12.0. The van der Waals surface area contributed by atoms with Crippen molar-refractivity contribution >= 4 is 29.1 Å². The normalized spacial score (nSPS) is 15.9. The second kappa shape index (κ2) is 6.84. The predicted octanol–water partition coefficient (Wildman–Crippen LogP) is 3.12. The van der Waals surface area contributed by atoms with E-state index in [1.54, 1.807) is 12.1 Å². The highest BCUT2D eigenvalue weighted by Crippen LogP contribution is 2.33. The molecule has 1 unspecified atom stereocenters. The van der Waals surface area contributed by atoms with E-state index >= 15 is 0 Å². The molecule has 2 N–H and O–H groups in total. The molecule has 2 aromatic carbocycles. The third-order valence-electron chi connectivity index (χ3n) is 3.94. The lowest BCUT2D eigenvalue weighted by Gasteiger charge is -2.10. The highest BCUT2D eigenvalue weighted by molar-refractivity contribution is 6.30. The van der Waals surface area contributed by atoms with Crippen LogP contribution in [0.25, 0.3) is 0 Å². The number of rotatable bonds is 5. The van der Waals surface area contributed by atoms with Crippen LogP contribution in [0.15, 0.2) is 48.5 Å². The molecule has 3 rings (SSSR count). The molecule has 4 nitrogen and oxygen atoms in total. The molecule has 2 amide bonds. The van der Waals surface area contributed by atoms with Gasteiger partial charge in [-0.2, -0.15) is 0 Å². The molecular weight excluding hydrogens is 312 g/mol. The van der Waals surface area contributed by atoms with Crippen LogP contribution in [0.3, 0.4) is 0 Å². The lowest BCUT2D eigenvalue weighted by atomic mass is 9.97. The van der Waals surface area contributed by atoms with Gasteiger partial charge in [-0.05, 0) is 35.7 Å². The van der Waals surface area contributed by atoms with Crippen molar-refractivity contribution < 1.29 is 9.59 Å². The SMILES string of the molecule is O=C(Cc1ccc(Cl)cc1)NCCC1C(=O)Nc2ccccc21. The third-order valence-corrected chi connectivity index (χ3v) is 4.20. The van der Waals surface area contributed by atoms with Gasteiger partial charge in [-0.3, -0.25) is 9.59 Å². The standard InChI is InChI=1S/C18H17ClN2O2/c19-13-7-5-12(6-8-13)11-17(22)20-10-9-15-14-3-1-2-4-16(14)21-18(15)23/h1-8,15H,9-11H2,(H,20,22)(H,21,23). The predicted molar refractivity (Wildman–Crippen MR) is 90.6 cm³/mol. The maximum atomic E-state index is 12.0. The minimum Gasteiger partial charge on any atom is -0.356 e. The van der Waals surface area contributed by atoms with Crippen LogP contribution in [0.1, 0.15) is 23.5 Å². The number of benzene rings is 2. The largest absolute Gasteiger partial charge is 0.356 e. The fourth-order valence-corrected chi connectivity index (χ4v) is 2.89. The Morgan fingerprint density at radius 1 is 1.13 bits per heavy atom. The molecule has 0 saturated carbocycles. The number of nitrogens with one attached hydrogen (secondary N) is 2. The number of amides is 2. The molecule has 1 atom stereocenters. The van der Waals surface area contributed by atoms with E-state index in [1.807, 2.05) is 36.4 Å². The van der Waals surface area contributed by atoms with Gasteiger partial charge in [-0.25, -0.2) is 0 Å². The number of halogens is 1. The van der Waals surface area contributed by atoms with Gasteiger partial charge in [0, 0.05) is 17.3 Å². The van der Waals surface area contributed by atoms with Crippen molar-refractivity contribution in [2.24, 2.45) is 0 Å². The Morgan fingerprint density at radius 2 is 1.87 bits per heavy atom. The molecule has 23 heavy (non-hydrogen) atoms. The van der Waals surface area contributed by atoms with Crippen molar-refractivity contribution in [1.29, 1.82) is 0 Å². The zero-order valence-electron chi connectivity index (χ0n) is 12.5. The van der Waals surface area contributed by atoms with Gasteiger partial charge in [0.15, 0.2) is 0 Å². The topological polar surface area (TPSA) is 58.2 Å². The van der Waals surface area contributed by atoms with E-state index in [0.29, 0.717) is 24.4 Å². The molecule has 2 aromatic rings. The quantitative estimate of drug-likeness (QED) is 0.886. The first-order chi connectivity index (χ1) is 11.1. The van der Waals surface area contributed by atoms with Gasteiger partial charge in [0.25, 0.3) is 0 Å². The monoisotopic (exact) mass is 328 g/mol. The molecule has 0 aromatic heterocycles. The van der Waals surface area contributed by atoms with Crippen molar-refractivity contribution in [2.75, 3.05) is 11.9 Å². The molecular formula is C18H17ClN2O2. The van der Waals surface area contributed by atoms with E-state index in [1.165, 1.54) is 0 Å². The Hall–Kier alpha value is -2.33.